The molecule has 0 spiro atoms. The van der Waals surface area contributed by atoms with Gasteiger partial charge in [0.25, 0.3) is 9.05 Å². The van der Waals surface area contributed by atoms with Crippen LogP contribution in [0.5, 0.6) is 5.75 Å². The van der Waals surface area contributed by atoms with Crippen LogP contribution in [0.25, 0.3) is 0 Å². The zero-order chi connectivity index (χ0) is 16.3. The Labute approximate surface area is 128 Å². The van der Waals surface area contributed by atoms with E-state index in [0.717, 1.165) is 6.07 Å². The van der Waals surface area contributed by atoms with Gasteiger partial charge in [-0.3, -0.25) is 0 Å². The molecule has 6 nitrogen and oxygen atoms in total. The molecule has 8 heteroatoms. The van der Waals surface area contributed by atoms with Crippen LogP contribution < -0.4 is 4.74 Å². The van der Waals surface area contributed by atoms with Crippen LogP contribution in [0.15, 0.2) is 23.1 Å². The fourth-order valence-corrected chi connectivity index (χ4v) is 2.23. The second kappa shape index (κ2) is 6.64. The molecule has 0 aliphatic heterocycles. The molecule has 118 valence electrons. The third-order valence-corrected chi connectivity index (χ3v) is 3.69. The predicted molar refractivity (Wildman–Crippen MR) is 77.6 cm³/mol. The third-order valence-electron chi connectivity index (χ3n) is 2.34. The van der Waals surface area contributed by atoms with Crippen molar-refractivity contribution in [2.24, 2.45) is 0 Å². The largest absolute Gasteiger partial charge is 0.490 e. The summed E-state index contributed by atoms with van der Waals surface area (Å²) >= 11 is 0. The summed E-state index contributed by atoms with van der Waals surface area (Å²) in [5, 5.41) is 9.09. The van der Waals surface area contributed by atoms with Crippen molar-refractivity contribution in [3.8, 4) is 5.75 Å². The van der Waals surface area contributed by atoms with E-state index in [0.29, 0.717) is 0 Å². The molecule has 0 saturated carbocycles. The number of benzene rings is 1. The second-order valence-corrected chi connectivity index (χ2v) is 7.78. The Balaban J connectivity index is 2.86. The van der Waals surface area contributed by atoms with Crippen LogP contribution in [-0.2, 0) is 13.8 Å². The van der Waals surface area contributed by atoms with E-state index >= 15 is 0 Å². The maximum absolute atomic E-state index is 11.2. The Morgan fingerprint density at radius 1 is 1.29 bits per heavy atom. The molecule has 0 unspecified atom stereocenters. The summed E-state index contributed by atoms with van der Waals surface area (Å²) in [5.41, 5.74) is -0.595. The molecule has 1 aromatic carbocycles. The van der Waals surface area contributed by atoms with Crippen molar-refractivity contribution in [3.63, 3.8) is 0 Å². The van der Waals surface area contributed by atoms with E-state index in [4.69, 9.17) is 25.3 Å². The zero-order valence-corrected chi connectivity index (χ0v) is 13.5. The Hall–Kier alpha value is -1.31. The van der Waals surface area contributed by atoms with Gasteiger partial charge in [0.2, 0.25) is 0 Å². The number of hydrogen-bond acceptors (Lipinski definition) is 5. The molecule has 1 aromatic rings. The standard InChI is InChI=1S/C13H17ClO6S/c1-13(2,3)20-7-6-19-11-5-4-9(21(14,17)18)8-10(11)12(15)16/h4-5,8H,6-7H2,1-3H3,(H,15,16). The number of ether oxygens (including phenoxy) is 2. The van der Waals surface area contributed by atoms with Crippen molar-refractivity contribution >= 4 is 25.7 Å². The SMILES string of the molecule is CC(C)(C)OCCOc1ccc(S(=O)(=O)Cl)cc1C(=O)O. The van der Waals surface area contributed by atoms with Gasteiger partial charge in [-0.2, -0.15) is 0 Å². The van der Waals surface area contributed by atoms with Crippen LogP contribution in [-0.4, -0.2) is 38.3 Å². The van der Waals surface area contributed by atoms with E-state index in [9.17, 15) is 13.2 Å². The van der Waals surface area contributed by atoms with Gasteiger partial charge < -0.3 is 14.6 Å². The van der Waals surface area contributed by atoms with E-state index in [2.05, 4.69) is 0 Å². The van der Waals surface area contributed by atoms with Crippen LogP contribution in [0.4, 0.5) is 0 Å². The number of aromatic carboxylic acids is 1. The summed E-state index contributed by atoms with van der Waals surface area (Å²) in [7, 11) is 1.19. The van der Waals surface area contributed by atoms with Crippen LogP contribution in [0.2, 0.25) is 0 Å². The minimum atomic E-state index is -3.99. The molecule has 0 heterocycles. The van der Waals surface area contributed by atoms with Crippen molar-refractivity contribution in [2.45, 2.75) is 31.3 Å². The van der Waals surface area contributed by atoms with E-state index in [1.807, 2.05) is 20.8 Å². The molecule has 0 aliphatic rings. The van der Waals surface area contributed by atoms with Crippen molar-refractivity contribution in [2.75, 3.05) is 13.2 Å². The van der Waals surface area contributed by atoms with Crippen LogP contribution in [0.1, 0.15) is 31.1 Å². The van der Waals surface area contributed by atoms with Gasteiger partial charge >= 0.3 is 5.97 Å². The highest BCUT2D eigenvalue weighted by molar-refractivity contribution is 8.13. The summed E-state index contributed by atoms with van der Waals surface area (Å²) < 4.78 is 33.2. The molecule has 0 amide bonds. The topological polar surface area (TPSA) is 89.9 Å². The number of carbonyl (C=O) groups is 1. The molecule has 0 aromatic heterocycles. The third kappa shape index (κ3) is 5.91. The summed E-state index contributed by atoms with van der Waals surface area (Å²) in [4.78, 5) is 10.9. The molecule has 0 fully saturated rings. The first kappa shape index (κ1) is 17.7. The van der Waals surface area contributed by atoms with Gasteiger partial charge in [-0.1, -0.05) is 0 Å². The Kier molecular flexibility index (Phi) is 5.61. The highest BCUT2D eigenvalue weighted by Crippen LogP contribution is 2.24. The summed E-state index contributed by atoms with van der Waals surface area (Å²) in [6.45, 7) is 6.07. The van der Waals surface area contributed by atoms with E-state index in [-0.39, 0.29) is 35.0 Å². The average Bonchev–Trinajstić information content (AvgIpc) is 2.32. The lowest BCUT2D eigenvalue weighted by atomic mass is 10.2. The lowest BCUT2D eigenvalue weighted by Gasteiger charge is -2.19. The first-order valence-electron chi connectivity index (χ1n) is 6.09. The van der Waals surface area contributed by atoms with Crippen LogP contribution >= 0.6 is 10.7 Å². The number of carboxylic acids is 1. The molecule has 1 rings (SSSR count). The number of hydrogen-bond donors (Lipinski definition) is 1. The van der Waals surface area contributed by atoms with Gasteiger partial charge in [-0.15, -0.1) is 0 Å². The minimum Gasteiger partial charge on any atom is -0.490 e. The highest BCUT2D eigenvalue weighted by Gasteiger charge is 2.18. The van der Waals surface area contributed by atoms with Gasteiger partial charge in [0, 0.05) is 10.7 Å². The second-order valence-electron chi connectivity index (χ2n) is 5.21. The van der Waals surface area contributed by atoms with E-state index in [1.165, 1.54) is 12.1 Å². The predicted octanol–water partition coefficient (Wildman–Crippen LogP) is 2.51. The van der Waals surface area contributed by atoms with E-state index < -0.39 is 15.0 Å². The van der Waals surface area contributed by atoms with Crippen molar-refractivity contribution in [1.29, 1.82) is 0 Å². The molecule has 0 atom stereocenters. The van der Waals surface area contributed by atoms with Gasteiger partial charge in [0.15, 0.2) is 0 Å². The molecular weight excluding hydrogens is 320 g/mol. The van der Waals surface area contributed by atoms with Gasteiger partial charge in [-0.05, 0) is 39.0 Å². The van der Waals surface area contributed by atoms with E-state index in [1.54, 1.807) is 0 Å². The van der Waals surface area contributed by atoms with Crippen LogP contribution in [0.3, 0.4) is 0 Å². The molecule has 0 saturated heterocycles. The van der Waals surface area contributed by atoms with Gasteiger partial charge in [0.1, 0.15) is 17.9 Å². The molecular formula is C13H17ClO6S. The molecule has 1 N–H and O–H groups in total. The van der Waals surface area contributed by atoms with Gasteiger partial charge in [0.05, 0.1) is 17.1 Å². The molecule has 0 radical (unpaired) electrons. The van der Waals surface area contributed by atoms with Gasteiger partial charge in [-0.25, -0.2) is 13.2 Å². The quantitative estimate of drug-likeness (QED) is 0.634. The maximum Gasteiger partial charge on any atom is 0.339 e. The number of halogens is 1. The first-order chi connectivity index (χ1) is 9.50. The fourth-order valence-electron chi connectivity index (χ4n) is 1.45. The highest BCUT2D eigenvalue weighted by atomic mass is 35.7. The number of rotatable bonds is 6. The summed E-state index contributed by atoms with van der Waals surface area (Å²) in [6, 6.07) is 3.41. The van der Waals surface area contributed by atoms with Crippen molar-refractivity contribution in [3.05, 3.63) is 23.8 Å². The van der Waals surface area contributed by atoms with Crippen LogP contribution in [0, 0.1) is 0 Å². The number of carboxylic acid groups (broad SMARTS) is 1. The maximum atomic E-state index is 11.2. The van der Waals surface area contributed by atoms with Crippen molar-refractivity contribution in [1.82, 2.24) is 0 Å². The monoisotopic (exact) mass is 336 g/mol. The Bertz CT molecular complexity index is 618. The first-order valence-corrected chi connectivity index (χ1v) is 8.40. The molecule has 0 bridgehead atoms. The lowest BCUT2D eigenvalue weighted by Crippen LogP contribution is -2.22. The lowest BCUT2D eigenvalue weighted by molar-refractivity contribution is -0.0164. The fraction of sp³-hybridized carbons (Fsp3) is 0.462. The normalized spacial score (nSPS) is 12.2. The summed E-state index contributed by atoms with van der Waals surface area (Å²) in [6.07, 6.45) is 0. The average molecular weight is 337 g/mol. The molecule has 0 aliphatic carbocycles. The zero-order valence-electron chi connectivity index (χ0n) is 11.9. The Morgan fingerprint density at radius 2 is 1.90 bits per heavy atom. The van der Waals surface area contributed by atoms with Crippen molar-refractivity contribution < 1.29 is 27.8 Å². The summed E-state index contributed by atoms with van der Waals surface area (Å²) in [5.74, 6) is -1.24. The molecule has 21 heavy (non-hydrogen) atoms. The smallest absolute Gasteiger partial charge is 0.339 e. The Morgan fingerprint density at radius 3 is 2.38 bits per heavy atom. The minimum absolute atomic E-state index is 0.0593.